The number of fused-ring (bicyclic) bond motifs is 1. The molecule has 1 aliphatic heterocycles. The predicted octanol–water partition coefficient (Wildman–Crippen LogP) is 3.28. The summed E-state index contributed by atoms with van der Waals surface area (Å²) in [6.07, 6.45) is 1.97. The maximum Gasteiger partial charge on any atom is 0.243 e. The Labute approximate surface area is 162 Å². The summed E-state index contributed by atoms with van der Waals surface area (Å²) in [6, 6.07) is 11.0. The largest absolute Gasteiger partial charge is 0.493 e. The molecule has 144 valence electrons. The molecule has 0 aliphatic carbocycles. The van der Waals surface area contributed by atoms with Crippen molar-refractivity contribution in [2.75, 3.05) is 33.3 Å². The lowest BCUT2D eigenvalue weighted by atomic mass is 10.00. The maximum atomic E-state index is 13.3. The molecule has 26 heavy (non-hydrogen) atoms. The summed E-state index contributed by atoms with van der Waals surface area (Å²) in [5, 5.41) is 4.73. The fourth-order valence-corrected chi connectivity index (χ4v) is 5.34. The highest BCUT2D eigenvalue weighted by Gasteiger charge is 2.31. The first-order chi connectivity index (χ1) is 12.1. The Morgan fingerprint density at radius 1 is 1.19 bits per heavy atom. The number of hydrogen-bond donors (Lipinski definition) is 1. The van der Waals surface area contributed by atoms with Crippen molar-refractivity contribution in [3.63, 3.8) is 0 Å². The van der Waals surface area contributed by atoms with E-state index in [0.29, 0.717) is 30.5 Å². The van der Waals surface area contributed by atoms with E-state index in [1.165, 1.54) is 0 Å². The molecule has 1 aliphatic rings. The van der Waals surface area contributed by atoms with Crippen molar-refractivity contribution < 1.29 is 13.2 Å². The van der Waals surface area contributed by atoms with Crippen molar-refractivity contribution in [3.05, 3.63) is 36.4 Å². The molecule has 0 bridgehead atoms. The van der Waals surface area contributed by atoms with Gasteiger partial charge in [-0.3, -0.25) is 0 Å². The molecule has 0 saturated carbocycles. The summed E-state index contributed by atoms with van der Waals surface area (Å²) in [5.74, 6) is 1.09. The maximum absolute atomic E-state index is 13.3. The van der Waals surface area contributed by atoms with Crippen LogP contribution in [0.5, 0.6) is 5.75 Å². The van der Waals surface area contributed by atoms with Crippen LogP contribution >= 0.6 is 12.4 Å². The van der Waals surface area contributed by atoms with Gasteiger partial charge in [0.05, 0.1) is 11.5 Å². The highest BCUT2D eigenvalue weighted by atomic mass is 35.5. The Morgan fingerprint density at radius 2 is 1.92 bits per heavy atom. The zero-order valence-corrected chi connectivity index (χ0v) is 16.9. The molecule has 1 N–H and O–H groups in total. The van der Waals surface area contributed by atoms with Crippen molar-refractivity contribution in [2.45, 2.75) is 24.7 Å². The van der Waals surface area contributed by atoms with E-state index in [2.05, 4.69) is 5.32 Å². The van der Waals surface area contributed by atoms with Gasteiger partial charge >= 0.3 is 0 Å². The lowest BCUT2D eigenvalue weighted by Crippen LogP contribution is -2.42. The highest BCUT2D eigenvalue weighted by Crippen LogP contribution is 2.33. The summed E-state index contributed by atoms with van der Waals surface area (Å²) in [4.78, 5) is 0.372. The smallest absolute Gasteiger partial charge is 0.243 e. The summed E-state index contributed by atoms with van der Waals surface area (Å²) >= 11 is 0. The third-order valence-electron chi connectivity index (χ3n) is 4.74. The molecular formula is C19H27ClN2O3S. The number of ether oxygens (including phenoxy) is 1. The summed E-state index contributed by atoms with van der Waals surface area (Å²) < 4.78 is 33.9. The van der Waals surface area contributed by atoms with Crippen molar-refractivity contribution in [2.24, 2.45) is 5.92 Å². The van der Waals surface area contributed by atoms with E-state index < -0.39 is 10.0 Å². The van der Waals surface area contributed by atoms with Crippen LogP contribution in [0.1, 0.15) is 19.8 Å². The summed E-state index contributed by atoms with van der Waals surface area (Å²) in [7, 11) is -1.61. The van der Waals surface area contributed by atoms with Gasteiger partial charge in [0.2, 0.25) is 10.0 Å². The molecule has 1 atom stereocenters. The zero-order chi connectivity index (χ0) is 17.9. The molecule has 1 heterocycles. The van der Waals surface area contributed by atoms with Crippen molar-refractivity contribution in [1.82, 2.24) is 9.62 Å². The number of sulfonamides is 1. The van der Waals surface area contributed by atoms with E-state index in [4.69, 9.17) is 4.74 Å². The van der Waals surface area contributed by atoms with Gasteiger partial charge in [-0.15, -0.1) is 12.4 Å². The van der Waals surface area contributed by atoms with Crippen LogP contribution in [0.4, 0.5) is 0 Å². The van der Waals surface area contributed by atoms with E-state index in [-0.39, 0.29) is 12.4 Å². The molecule has 1 saturated heterocycles. The molecule has 2 aromatic rings. The normalized spacial score (nSPS) is 18.5. The molecule has 0 aromatic heterocycles. The number of rotatable bonds is 6. The minimum absolute atomic E-state index is 0. The number of hydrogen-bond acceptors (Lipinski definition) is 4. The van der Waals surface area contributed by atoms with Gasteiger partial charge in [-0.25, -0.2) is 8.42 Å². The Morgan fingerprint density at radius 3 is 2.62 bits per heavy atom. The average molecular weight is 399 g/mol. The van der Waals surface area contributed by atoms with Gasteiger partial charge in [0.1, 0.15) is 5.75 Å². The molecule has 7 heteroatoms. The second-order valence-electron chi connectivity index (χ2n) is 6.47. The van der Waals surface area contributed by atoms with Crippen molar-refractivity contribution >= 4 is 33.2 Å². The molecule has 1 fully saturated rings. The third kappa shape index (κ3) is 4.14. The van der Waals surface area contributed by atoms with Crippen molar-refractivity contribution in [1.29, 1.82) is 0 Å². The molecule has 3 rings (SSSR count). The molecule has 5 nitrogen and oxygen atoms in total. The Kier molecular flexibility index (Phi) is 7.29. The van der Waals surface area contributed by atoms with Gasteiger partial charge in [0, 0.05) is 23.9 Å². The summed E-state index contributed by atoms with van der Waals surface area (Å²) in [5.41, 5.74) is 0. The van der Waals surface area contributed by atoms with Gasteiger partial charge in [-0.05, 0) is 51.4 Å². The Bertz CT molecular complexity index is 840. The molecule has 0 spiro atoms. The van der Waals surface area contributed by atoms with Crippen molar-refractivity contribution in [3.8, 4) is 5.75 Å². The second-order valence-corrected chi connectivity index (χ2v) is 8.38. The number of nitrogens with one attached hydrogen (secondary N) is 1. The third-order valence-corrected chi connectivity index (χ3v) is 6.66. The fraction of sp³-hybridized carbons (Fsp3) is 0.474. The molecule has 0 amide bonds. The van der Waals surface area contributed by atoms with Gasteiger partial charge in [0.25, 0.3) is 0 Å². The van der Waals surface area contributed by atoms with Gasteiger partial charge in [-0.2, -0.15) is 4.31 Å². The van der Waals surface area contributed by atoms with E-state index in [9.17, 15) is 8.42 Å². The van der Waals surface area contributed by atoms with Crippen LogP contribution in [0, 0.1) is 5.92 Å². The number of halogens is 1. The second kappa shape index (κ2) is 9.04. The quantitative estimate of drug-likeness (QED) is 0.811. The van der Waals surface area contributed by atoms with E-state index in [0.717, 1.165) is 35.9 Å². The number of benzene rings is 2. The van der Waals surface area contributed by atoms with E-state index >= 15 is 0 Å². The first-order valence-corrected chi connectivity index (χ1v) is 10.3. The average Bonchev–Trinajstić information content (AvgIpc) is 2.62. The summed E-state index contributed by atoms with van der Waals surface area (Å²) in [6.45, 7) is 4.48. The van der Waals surface area contributed by atoms with Crippen LogP contribution in [0.3, 0.4) is 0 Å². The number of nitrogens with zero attached hydrogens (tertiary/aromatic N) is 1. The van der Waals surface area contributed by atoms with Gasteiger partial charge < -0.3 is 10.1 Å². The minimum Gasteiger partial charge on any atom is -0.493 e. The van der Waals surface area contributed by atoms with Gasteiger partial charge in [-0.1, -0.05) is 24.3 Å². The van der Waals surface area contributed by atoms with E-state index in [1.54, 1.807) is 16.4 Å². The van der Waals surface area contributed by atoms with Crippen LogP contribution in [-0.4, -0.2) is 46.0 Å². The first kappa shape index (κ1) is 21.0. The number of piperidine rings is 1. The molecule has 2 aromatic carbocycles. The first-order valence-electron chi connectivity index (χ1n) is 8.87. The lowest BCUT2D eigenvalue weighted by Gasteiger charge is -2.32. The Hall–Kier alpha value is -1.34. The van der Waals surface area contributed by atoms with E-state index in [1.807, 2.05) is 38.2 Å². The van der Waals surface area contributed by atoms with Crippen LogP contribution in [0.25, 0.3) is 10.8 Å². The zero-order valence-electron chi connectivity index (χ0n) is 15.3. The molecule has 0 radical (unpaired) electrons. The standard InChI is InChI=1S/C19H26N2O3S.ClH/c1-3-24-18-10-11-19(17-9-5-4-8-16(17)18)25(22,23)21-12-6-7-15(14-21)13-20-2;/h4-5,8-11,15,20H,3,6-7,12-14H2,1-2H3;1H. The molecular weight excluding hydrogens is 372 g/mol. The lowest BCUT2D eigenvalue weighted by molar-refractivity contribution is 0.263. The fourth-order valence-electron chi connectivity index (χ4n) is 3.59. The Balaban J connectivity index is 0.00000243. The van der Waals surface area contributed by atoms with Crippen LogP contribution in [0.2, 0.25) is 0 Å². The topological polar surface area (TPSA) is 58.6 Å². The van der Waals surface area contributed by atoms with Crippen LogP contribution < -0.4 is 10.1 Å². The van der Waals surface area contributed by atoms with Gasteiger partial charge in [0.15, 0.2) is 0 Å². The van der Waals surface area contributed by atoms with Crippen LogP contribution in [-0.2, 0) is 10.0 Å². The SMILES string of the molecule is CCOc1ccc(S(=O)(=O)N2CCCC(CNC)C2)c2ccccc12.Cl. The monoisotopic (exact) mass is 398 g/mol. The highest BCUT2D eigenvalue weighted by molar-refractivity contribution is 7.89. The molecule has 1 unspecified atom stereocenters. The minimum atomic E-state index is -3.52. The predicted molar refractivity (Wildman–Crippen MR) is 108 cm³/mol. The van der Waals surface area contributed by atoms with Crippen LogP contribution in [0.15, 0.2) is 41.3 Å².